The summed E-state index contributed by atoms with van der Waals surface area (Å²) < 4.78 is 9.75. The molecule has 1 rings (SSSR count). The van der Waals surface area contributed by atoms with Crippen LogP contribution in [0.15, 0.2) is 18.2 Å². The molecule has 0 atom stereocenters. The second-order valence-electron chi connectivity index (χ2n) is 4.86. The molecule has 5 nitrogen and oxygen atoms in total. The number of benzene rings is 1. The minimum absolute atomic E-state index is 0.112. The predicted molar refractivity (Wildman–Crippen MR) is 77.4 cm³/mol. The molecule has 7 heteroatoms. The fraction of sp³-hybridized carbons (Fsp3) is 0.385. The van der Waals surface area contributed by atoms with Gasteiger partial charge in [-0.05, 0) is 39.0 Å². The third kappa shape index (κ3) is 5.27. The number of rotatable bonds is 3. The molecule has 0 heterocycles. The number of nitrogens with one attached hydrogen (secondary N) is 1. The van der Waals surface area contributed by atoms with E-state index in [0.717, 1.165) is 0 Å². The van der Waals surface area contributed by atoms with E-state index < -0.39 is 17.7 Å². The van der Waals surface area contributed by atoms with E-state index in [-0.39, 0.29) is 16.7 Å². The van der Waals surface area contributed by atoms with Crippen molar-refractivity contribution in [1.29, 1.82) is 0 Å². The van der Waals surface area contributed by atoms with Crippen molar-refractivity contribution in [3.05, 3.63) is 28.8 Å². The first-order chi connectivity index (χ1) is 9.23. The molecule has 110 valence electrons. The number of esters is 1. The smallest absolute Gasteiger partial charge is 0.412 e. The number of ether oxygens (including phenoxy) is 2. The molecule has 1 aromatic rings. The third-order valence-electron chi connectivity index (χ3n) is 2.02. The van der Waals surface area contributed by atoms with Gasteiger partial charge in [-0.1, -0.05) is 23.2 Å². The predicted octanol–water partition coefficient (Wildman–Crippen LogP) is 4.04. The SMILES string of the molecule is CC(C)(C)OC(=O)Nc1ccc(Cl)c(C(=O)OCCl)c1. The summed E-state index contributed by atoms with van der Waals surface area (Å²) in [6.45, 7) is 5.24. The van der Waals surface area contributed by atoms with Gasteiger partial charge in [0.15, 0.2) is 6.07 Å². The molecule has 0 bridgehead atoms. The zero-order valence-corrected chi connectivity index (χ0v) is 12.8. The first-order valence-electron chi connectivity index (χ1n) is 5.75. The van der Waals surface area contributed by atoms with Crippen LogP contribution < -0.4 is 5.32 Å². The topological polar surface area (TPSA) is 64.6 Å². The van der Waals surface area contributed by atoms with Crippen molar-refractivity contribution in [2.75, 3.05) is 11.4 Å². The Kier molecular flexibility index (Phi) is 5.65. The van der Waals surface area contributed by atoms with Gasteiger partial charge in [0.05, 0.1) is 10.6 Å². The van der Waals surface area contributed by atoms with Gasteiger partial charge in [0.25, 0.3) is 0 Å². The summed E-state index contributed by atoms with van der Waals surface area (Å²) in [6.07, 6.45) is -0.628. The molecule has 0 aliphatic carbocycles. The van der Waals surface area contributed by atoms with Crippen LogP contribution in [0, 0.1) is 0 Å². The van der Waals surface area contributed by atoms with Crippen LogP contribution in [0.3, 0.4) is 0 Å². The highest BCUT2D eigenvalue weighted by Gasteiger charge is 2.18. The molecule has 1 amide bonds. The number of anilines is 1. The molecule has 1 aromatic carbocycles. The van der Waals surface area contributed by atoms with Crippen LogP contribution in [-0.4, -0.2) is 23.7 Å². The molecule has 0 spiro atoms. The number of hydrogen-bond donors (Lipinski definition) is 1. The molecule has 0 aromatic heterocycles. The Bertz CT molecular complexity index is 512. The van der Waals surface area contributed by atoms with Gasteiger partial charge in [0.1, 0.15) is 5.60 Å². The maximum Gasteiger partial charge on any atom is 0.412 e. The van der Waals surface area contributed by atoms with Crippen molar-refractivity contribution in [3.63, 3.8) is 0 Å². The summed E-state index contributed by atoms with van der Waals surface area (Å²) in [5, 5.41) is 2.71. The number of hydrogen-bond acceptors (Lipinski definition) is 4. The van der Waals surface area contributed by atoms with Crippen molar-refractivity contribution in [1.82, 2.24) is 0 Å². The van der Waals surface area contributed by atoms with Crippen LogP contribution >= 0.6 is 23.2 Å². The van der Waals surface area contributed by atoms with Crippen molar-refractivity contribution < 1.29 is 19.1 Å². The van der Waals surface area contributed by atoms with Crippen LogP contribution in [0.25, 0.3) is 0 Å². The molecular formula is C13H15Cl2NO4. The van der Waals surface area contributed by atoms with Gasteiger partial charge in [-0.3, -0.25) is 5.32 Å². The van der Waals surface area contributed by atoms with E-state index >= 15 is 0 Å². The van der Waals surface area contributed by atoms with Crippen LogP contribution in [0.1, 0.15) is 31.1 Å². The third-order valence-corrected chi connectivity index (χ3v) is 2.46. The van der Waals surface area contributed by atoms with E-state index in [0.29, 0.717) is 5.69 Å². The molecule has 0 radical (unpaired) electrons. The van der Waals surface area contributed by atoms with Gasteiger partial charge >= 0.3 is 12.1 Å². The second-order valence-corrected chi connectivity index (χ2v) is 5.49. The Morgan fingerprint density at radius 1 is 1.30 bits per heavy atom. The lowest BCUT2D eigenvalue weighted by molar-refractivity contribution is 0.0571. The highest BCUT2D eigenvalue weighted by Crippen LogP contribution is 2.22. The molecule has 0 aliphatic heterocycles. The maximum atomic E-state index is 11.6. The minimum atomic E-state index is -0.669. The molecule has 0 fully saturated rings. The van der Waals surface area contributed by atoms with E-state index in [1.54, 1.807) is 26.8 Å². The summed E-state index contributed by atoms with van der Waals surface area (Å²) in [6, 6.07) is 4.13. The first-order valence-corrected chi connectivity index (χ1v) is 6.67. The van der Waals surface area contributed by atoms with Crippen molar-refractivity contribution in [2.24, 2.45) is 0 Å². The van der Waals surface area contributed by atoms with E-state index in [1.165, 1.54) is 12.1 Å². The normalized spacial score (nSPS) is 10.8. The summed E-state index contributed by atoms with van der Waals surface area (Å²) in [5.74, 6) is -0.669. The average Bonchev–Trinajstić information content (AvgIpc) is 2.29. The molecule has 0 aliphatic rings. The van der Waals surface area contributed by atoms with Crippen LogP contribution in [0.4, 0.5) is 10.5 Å². The van der Waals surface area contributed by atoms with Crippen molar-refractivity contribution >= 4 is 41.0 Å². The van der Waals surface area contributed by atoms with E-state index in [1.807, 2.05) is 0 Å². The molecule has 0 unspecified atom stereocenters. The summed E-state index contributed by atoms with van der Waals surface area (Å²) >= 11 is 11.2. The average molecular weight is 320 g/mol. The van der Waals surface area contributed by atoms with E-state index in [2.05, 4.69) is 10.1 Å². The maximum absolute atomic E-state index is 11.6. The molecular weight excluding hydrogens is 305 g/mol. The summed E-state index contributed by atoms with van der Waals surface area (Å²) in [7, 11) is 0. The molecule has 0 saturated carbocycles. The lowest BCUT2D eigenvalue weighted by Crippen LogP contribution is -2.27. The van der Waals surface area contributed by atoms with Gasteiger partial charge in [-0.15, -0.1) is 0 Å². The van der Waals surface area contributed by atoms with Crippen LogP contribution in [-0.2, 0) is 9.47 Å². The Morgan fingerprint density at radius 3 is 2.50 bits per heavy atom. The minimum Gasteiger partial charge on any atom is -0.446 e. The second kappa shape index (κ2) is 6.81. The largest absolute Gasteiger partial charge is 0.446 e. The Balaban J connectivity index is 2.85. The van der Waals surface area contributed by atoms with Gasteiger partial charge in [0.2, 0.25) is 0 Å². The quantitative estimate of drug-likeness (QED) is 0.674. The van der Waals surface area contributed by atoms with Gasteiger partial charge in [-0.2, -0.15) is 0 Å². The van der Waals surface area contributed by atoms with Gasteiger partial charge in [-0.25, -0.2) is 9.59 Å². The molecule has 1 N–H and O–H groups in total. The highest BCUT2D eigenvalue weighted by atomic mass is 35.5. The van der Waals surface area contributed by atoms with E-state index in [4.69, 9.17) is 27.9 Å². The number of carbonyl (C=O) groups is 2. The van der Waals surface area contributed by atoms with Crippen molar-refractivity contribution in [3.8, 4) is 0 Å². The number of halogens is 2. The number of carbonyl (C=O) groups excluding carboxylic acids is 2. The summed E-state index contributed by atoms with van der Waals surface area (Å²) in [4.78, 5) is 23.2. The first kappa shape index (κ1) is 16.6. The Morgan fingerprint density at radius 2 is 1.95 bits per heavy atom. The molecule has 0 saturated heterocycles. The van der Waals surface area contributed by atoms with E-state index in [9.17, 15) is 9.59 Å². The number of alkyl halides is 1. The Labute approximate surface area is 127 Å². The van der Waals surface area contributed by atoms with Gasteiger partial charge < -0.3 is 9.47 Å². The lowest BCUT2D eigenvalue weighted by Gasteiger charge is -2.19. The molecule has 20 heavy (non-hydrogen) atoms. The zero-order chi connectivity index (χ0) is 15.3. The zero-order valence-electron chi connectivity index (χ0n) is 11.3. The van der Waals surface area contributed by atoms with Crippen molar-refractivity contribution in [2.45, 2.75) is 26.4 Å². The monoisotopic (exact) mass is 319 g/mol. The summed E-state index contributed by atoms with van der Waals surface area (Å²) in [5.41, 5.74) is -0.136. The highest BCUT2D eigenvalue weighted by molar-refractivity contribution is 6.33. The van der Waals surface area contributed by atoms with Crippen LogP contribution in [0.2, 0.25) is 5.02 Å². The standard InChI is InChI=1S/C13H15Cl2NO4/c1-13(2,3)20-12(18)16-8-4-5-10(15)9(6-8)11(17)19-7-14/h4-6H,7H2,1-3H3,(H,16,18). The fourth-order valence-corrected chi connectivity index (χ4v) is 1.60. The lowest BCUT2D eigenvalue weighted by atomic mass is 10.2. The Hall–Kier alpha value is -1.46. The fourth-order valence-electron chi connectivity index (χ4n) is 1.31. The van der Waals surface area contributed by atoms with Crippen LogP contribution in [0.5, 0.6) is 0 Å². The number of amides is 1. The van der Waals surface area contributed by atoms with Gasteiger partial charge in [0, 0.05) is 5.69 Å².